The highest BCUT2D eigenvalue weighted by molar-refractivity contribution is 7.90. The van der Waals surface area contributed by atoms with Crippen LogP contribution in [0.1, 0.15) is 76.1 Å². The van der Waals surface area contributed by atoms with E-state index in [4.69, 9.17) is 20.6 Å². The average Bonchev–Trinajstić information content (AvgIpc) is 3.22. The van der Waals surface area contributed by atoms with Crippen molar-refractivity contribution in [1.82, 2.24) is 20.7 Å². The van der Waals surface area contributed by atoms with Gasteiger partial charge in [0.1, 0.15) is 23.0 Å². The third-order valence-electron chi connectivity index (χ3n) is 6.97. The number of rotatable bonds is 13. The van der Waals surface area contributed by atoms with E-state index in [9.17, 15) is 32.7 Å². The number of carboxylic acids is 1. The number of hydrogen-bond acceptors (Lipinski definition) is 10. The minimum Gasteiger partial charge on any atom is -0.487 e. The smallest absolute Gasteiger partial charge is 0.326 e. The molecular weight excluding hydrogens is 608 g/mol. The Hall–Kier alpha value is -3.92. The summed E-state index contributed by atoms with van der Waals surface area (Å²) in [6.45, 7) is 13.5. The molecule has 0 radical (unpaired) electrons. The van der Waals surface area contributed by atoms with Crippen molar-refractivity contribution >= 4 is 39.7 Å². The van der Waals surface area contributed by atoms with Gasteiger partial charge in [-0.2, -0.15) is 0 Å². The molecular formula is C29H46N6O9S. The highest BCUT2D eigenvalue weighted by atomic mass is 32.2. The molecule has 8 N–H and O–H groups in total. The average molecular weight is 655 g/mol. The molecule has 0 fully saturated rings. The molecule has 1 aliphatic rings. The van der Waals surface area contributed by atoms with Gasteiger partial charge in [-0.3, -0.25) is 19.8 Å². The molecule has 2 atom stereocenters. The first-order valence-corrected chi connectivity index (χ1v) is 16.0. The Morgan fingerprint density at radius 3 is 2.29 bits per heavy atom. The normalized spacial score (nSPS) is 15.1. The number of amides is 2. The van der Waals surface area contributed by atoms with Crippen LogP contribution in [0.2, 0.25) is 0 Å². The largest absolute Gasteiger partial charge is 0.487 e. The number of carboxylic acid groups (broad SMARTS) is 1. The fraction of sp³-hybridized carbons (Fsp3) is 0.621. The molecule has 2 amide bonds. The van der Waals surface area contributed by atoms with Crippen molar-refractivity contribution in [1.29, 1.82) is 5.41 Å². The third-order valence-corrected chi connectivity index (χ3v) is 8.60. The number of benzene rings is 1. The Balaban J connectivity index is 1.82. The summed E-state index contributed by atoms with van der Waals surface area (Å²) >= 11 is 0. The maximum absolute atomic E-state index is 13.3. The molecule has 0 saturated carbocycles. The minimum absolute atomic E-state index is 0.105. The number of esters is 1. The molecule has 0 aliphatic carbocycles. The van der Waals surface area contributed by atoms with Crippen LogP contribution in [-0.2, 0) is 40.4 Å². The second-order valence-corrected chi connectivity index (χ2v) is 14.3. The van der Waals surface area contributed by atoms with Crippen molar-refractivity contribution in [3.05, 3.63) is 22.3 Å². The van der Waals surface area contributed by atoms with Crippen molar-refractivity contribution in [3.8, 4) is 5.75 Å². The van der Waals surface area contributed by atoms with Crippen LogP contribution in [0.15, 0.2) is 4.90 Å². The topological polar surface area (TPSA) is 239 Å². The lowest BCUT2D eigenvalue weighted by atomic mass is 9.94. The molecule has 0 spiro atoms. The van der Waals surface area contributed by atoms with Crippen LogP contribution in [0.5, 0.6) is 5.75 Å². The number of guanidine groups is 1. The monoisotopic (exact) mass is 654 g/mol. The first kappa shape index (κ1) is 37.3. The number of nitrogens with one attached hydrogen (secondary N) is 5. The fourth-order valence-corrected chi connectivity index (χ4v) is 6.35. The van der Waals surface area contributed by atoms with Crippen LogP contribution in [0, 0.1) is 26.2 Å². The molecule has 1 heterocycles. The van der Waals surface area contributed by atoms with Gasteiger partial charge < -0.3 is 36.3 Å². The molecule has 0 unspecified atom stereocenters. The molecule has 0 aromatic heterocycles. The molecule has 0 saturated heterocycles. The zero-order valence-corrected chi connectivity index (χ0v) is 27.9. The van der Waals surface area contributed by atoms with Gasteiger partial charge in [0.05, 0.1) is 23.9 Å². The Morgan fingerprint density at radius 2 is 1.71 bits per heavy atom. The van der Waals surface area contributed by atoms with E-state index in [-0.39, 0.29) is 24.3 Å². The predicted octanol–water partition coefficient (Wildman–Crippen LogP) is 0.653. The molecule has 1 aromatic rings. The lowest BCUT2D eigenvalue weighted by Gasteiger charge is -2.21. The Morgan fingerprint density at radius 1 is 1.09 bits per heavy atom. The number of carbonyl (C=O) groups is 4. The Labute approximate surface area is 263 Å². The maximum Gasteiger partial charge on any atom is 0.326 e. The van der Waals surface area contributed by atoms with Crippen molar-refractivity contribution in [2.24, 2.45) is 5.73 Å². The molecule has 2 rings (SSSR count). The van der Waals surface area contributed by atoms with E-state index in [0.29, 0.717) is 23.3 Å². The summed E-state index contributed by atoms with van der Waals surface area (Å²) in [6, 6.07) is -2.58. The summed E-state index contributed by atoms with van der Waals surface area (Å²) in [5.74, 6) is -3.51. The number of sulfonamides is 1. The van der Waals surface area contributed by atoms with Crippen molar-refractivity contribution in [2.45, 2.75) is 109 Å². The van der Waals surface area contributed by atoms with Crippen LogP contribution in [0.4, 0.5) is 0 Å². The van der Waals surface area contributed by atoms with E-state index in [1.165, 1.54) is 0 Å². The van der Waals surface area contributed by atoms with Gasteiger partial charge in [0.15, 0.2) is 0 Å². The van der Waals surface area contributed by atoms with Gasteiger partial charge in [0, 0.05) is 18.5 Å². The number of hydrogen-bond donors (Lipinski definition) is 7. The third kappa shape index (κ3) is 10.6. The van der Waals surface area contributed by atoms with Gasteiger partial charge in [-0.15, -0.1) is 0 Å². The van der Waals surface area contributed by atoms with Crippen LogP contribution < -0.4 is 31.1 Å². The summed E-state index contributed by atoms with van der Waals surface area (Å²) < 4.78 is 39.9. The van der Waals surface area contributed by atoms with E-state index in [1.807, 2.05) is 20.8 Å². The zero-order chi connectivity index (χ0) is 34.5. The quantitative estimate of drug-likeness (QED) is 0.0674. The van der Waals surface area contributed by atoms with E-state index in [2.05, 4.69) is 20.7 Å². The van der Waals surface area contributed by atoms with Crippen LogP contribution >= 0.6 is 0 Å². The summed E-state index contributed by atoms with van der Waals surface area (Å²) in [5.41, 5.74) is 7.27. The van der Waals surface area contributed by atoms with Gasteiger partial charge in [0.2, 0.25) is 17.8 Å². The zero-order valence-electron chi connectivity index (χ0n) is 27.1. The lowest BCUT2D eigenvalue weighted by Crippen LogP contribution is -2.49. The highest BCUT2D eigenvalue weighted by Crippen LogP contribution is 2.43. The molecule has 45 heavy (non-hydrogen) atoms. The van der Waals surface area contributed by atoms with E-state index in [1.54, 1.807) is 34.6 Å². The summed E-state index contributed by atoms with van der Waals surface area (Å²) in [5, 5.41) is 24.5. The van der Waals surface area contributed by atoms with Crippen LogP contribution in [0.3, 0.4) is 0 Å². The SMILES string of the molecule is Cc1c(C)c(S(=O)(=O)NC(=N)NCCC[C@H](N)C(=O)NCC(=O)N[C@@H](CC(=O)OC(C)(C)C)C(=O)O)c(C)c2c1OC(C)(C)C2. The Kier molecular flexibility index (Phi) is 12.0. The van der Waals surface area contributed by atoms with Crippen molar-refractivity contribution in [2.75, 3.05) is 13.1 Å². The maximum atomic E-state index is 13.3. The fourth-order valence-electron chi connectivity index (χ4n) is 4.83. The first-order chi connectivity index (χ1) is 20.5. The van der Waals surface area contributed by atoms with Crippen LogP contribution in [0.25, 0.3) is 0 Å². The summed E-state index contributed by atoms with van der Waals surface area (Å²) in [4.78, 5) is 48.0. The lowest BCUT2D eigenvalue weighted by molar-refractivity contribution is -0.158. The molecule has 16 heteroatoms. The van der Waals surface area contributed by atoms with E-state index < -0.39 is 76.0 Å². The standard InChI is InChI=1S/C29H46N6O9S/c1-15-16(2)24(17(3)18-13-29(7,8)44-23(15)18)45(41,42)35-27(31)32-11-9-10-19(30)25(38)33-14-21(36)34-20(26(39)40)12-22(37)43-28(4,5)6/h19-20H,9-14,30H2,1-8H3,(H,33,38)(H,34,36)(H,39,40)(H3,31,32,35)/t19-,20-/m0/s1. The summed E-state index contributed by atoms with van der Waals surface area (Å²) in [6.07, 6.45) is 0.381. The second-order valence-electron chi connectivity index (χ2n) is 12.7. The number of fused-ring (bicyclic) bond motifs is 1. The van der Waals surface area contributed by atoms with E-state index >= 15 is 0 Å². The van der Waals surface area contributed by atoms with Crippen molar-refractivity contribution < 1.29 is 42.2 Å². The van der Waals surface area contributed by atoms with Gasteiger partial charge in [-0.25, -0.2) is 17.9 Å². The molecule has 0 bridgehead atoms. The number of nitrogens with two attached hydrogens (primary N) is 1. The number of aliphatic carboxylic acids is 1. The highest BCUT2D eigenvalue weighted by Gasteiger charge is 2.37. The predicted molar refractivity (Wildman–Crippen MR) is 165 cm³/mol. The van der Waals surface area contributed by atoms with Gasteiger partial charge >= 0.3 is 11.9 Å². The van der Waals surface area contributed by atoms with Crippen molar-refractivity contribution in [3.63, 3.8) is 0 Å². The molecule has 1 aromatic carbocycles. The first-order valence-electron chi connectivity index (χ1n) is 14.5. The number of carbonyl (C=O) groups excluding carboxylic acids is 3. The second kappa shape index (κ2) is 14.5. The summed E-state index contributed by atoms with van der Waals surface area (Å²) in [7, 11) is -4.10. The molecule has 1 aliphatic heterocycles. The molecule has 252 valence electrons. The van der Waals surface area contributed by atoms with Gasteiger partial charge in [0.25, 0.3) is 10.0 Å². The Bertz CT molecular complexity index is 1450. The van der Waals surface area contributed by atoms with Gasteiger partial charge in [-0.1, -0.05) is 0 Å². The minimum atomic E-state index is -4.10. The number of ether oxygens (including phenoxy) is 2. The van der Waals surface area contributed by atoms with Crippen LogP contribution in [-0.4, -0.2) is 79.6 Å². The van der Waals surface area contributed by atoms with Gasteiger partial charge in [-0.05, 0) is 84.9 Å². The van der Waals surface area contributed by atoms with E-state index in [0.717, 1.165) is 11.1 Å². The molecule has 15 nitrogen and oxygen atoms in total.